The van der Waals surface area contributed by atoms with E-state index in [9.17, 15) is 14.7 Å². The zero-order valence-electron chi connectivity index (χ0n) is 63.2. The van der Waals surface area contributed by atoms with Crippen molar-refractivity contribution < 1.29 is 14.7 Å². The second-order valence-corrected chi connectivity index (χ2v) is 29.7. The Hall–Kier alpha value is -2.65. The van der Waals surface area contributed by atoms with Crippen LogP contribution < -0.4 is 14.7 Å². The van der Waals surface area contributed by atoms with E-state index in [0.29, 0.717) is 26.2 Å². The van der Waals surface area contributed by atoms with Gasteiger partial charge in [0.25, 0.3) is 0 Å². The van der Waals surface area contributed by atoms with Crippen molar-refractivity contribution in [3.05, 3.63) is 0 Å². The number of carbonyl (C=O) groups excluding carboxylic acids is 1. The first-order chi connectivity index (χ1) is 45.9. The summed E-state index contributed by atoms with van der Waals surface area (Å²) < 4.78 is 0. The Morgan fingerprint density at radius 2 is 0.473 bits per heavy atom. The van der Waals surface area contributed by atoms with Crippen LogP contribution in [0, 0.1) is 0 Å². The molecule has 0 saturated carbocycles. The Labute approximate surface area is 579 Å². The van der Waals surface area contributed by atoms with E-state index in [1.54, 1.807) is 0 Å². The Balaban J connectivity index is 2.21. The number of amides is 1. The molecule has 1 N–H and O–H groups in total. The third-order valence-electron chi connectivity index (χ3n) is 20.8. The Morgan fingerprint density at radius 3 is 0.667 bits per heavy atom. The molecule has 1 fully saturated rings. The van der Waals surface area contributed by atoms with Crippen molar-refractivity contribution in [2.45, 2.75) is 451 Å². The molecule has 1 amide bonds. The molecule has 0 spiro atoms. The molecular weight excluding hydrogens is 1140 g/mol. The van der Waals surface area contributed by atoms with E-state index in [0.717, 1.165) is 69.7 Å². The number of piperazine rings is 1. The largest absolute Gasteiger partial charge is 0.481 e. The molecule has 10 nitrogen and oxygen atoms in total. The number of carboxylic acid groups (broad SMARTS) is 1. The fourth-order valence-electron chi connectivity index (χ4n) is 14.3. The summed E-state index contributed by atoms with van der Waals surface area (Å²) in [5.74, 6) is 1.46. The monoisotopic (exact) mass is 1300 g/mol. The molecule has 0 radical (unpaired) electrons. The Morgan fingerprint density at radius 1 is 0.280 bits per heavy atom. The number of carboxylic acids is 1. The molecule has 1 aromatic rings. The molecule has 1 aromatic heterocycles. The van der Waals surface area contributed by atoms with Crippen molar-refractivity contribution >= 4 is 29.7 Å². The fourth-order valence-corrected chi connectivity index (χ4v) is 14.3. The Bertz CT molecular complexity index is 1560. The van der Waals surface area contributed by atoms with Gasteiger partial charge in [0.1, 0.15) is 0 Å². The second kappa shape index (κ2) is 67.9. The van der Waals surface area contributed by atoms with Crippen LogP contribution in [0.2, 0.25) is 0 Å². The lowest BCUT2D eigenvalue weighted by molar-refractivity contribution is -0.141. The maximum atomic E-state index is 13.2. The summed E-state index contributed by atoms with van der Waals surface area (Å²) in [6.45, 7) is 15.5. The van der Waals surface area contributed by atoms with E-state index < -0.39 is 5.97 Å². The summed E-state index contributed by atoms with van der Waals surface area (Å²) in [6.07, 6.45) is 87.7. The number of aliphatic carboxylic acids is 1. The third kappa shape index (κ3) is 54.0. The highest BCUT2D eigenvalue weighted by Gasteiger charge is 2.26. The minimum absolute atomic E-state index is 0.0523. The van der Waals surface area contributed by atoms with Gasteiger partial charge in [0, 0.05) is 58.8 Å². The maximum absolute atomic E-state index is 13.2. The molecule has 0 unspecified atom stereocenters. The van der Waals surface area contributed by atoms with Crippen molar-refractivity contribution in [3.63, 3.8) is 0 Å². The average Bonchev–Trinajstić information content (AvgIpc) is 0.866. The molecule has 0 aliphatic carbocycles. The number of unbranched alkanes of at least 4 members (excludes halogenated alkanes) is 60. The third-order valence-corrected chi connectivity index (χ3v) is 20.8. The van der Waals surface area contributed by atoms with Crippen molar-refractivity contribution in [2.75, 3.05) is 67.1 Å². The van der Waals surface area contributed by atoms with Gasteiger partial charge in [0.15, 0.2) is 0 Å². The van der Waals surface area contributed by atoms with Gasteiger partial charge in [0.05, 0.1) is 6.42 Å². The minimum Gasteiger partial charge on any atom is -0.481 e. The smallest absolute Gasteiger partial charge is 0.303 e. The zero-order chi connectivity index (χ0) is 66.6. The van der Waals surface area contributed by atoms with Crippen LogP contribution in [0.25, 0.3) is 0 Å². The molecule has 0 bridgehead atoms. The lowest BCUT2D eigenvalue weighted by atomic mass is 10.0. The highest BCUT2D eigenvalue weighted by molar-refractivity contribution is 5.81. The van der Waals surface area contributed by atoms with Crippen molar-refractivity contribution in [1.82, 2.24) is 19.9 Å². The van der Waals surface area contributed by atoms with Crippen LogP contribution in [0.3, 0.4) is 0 Å². The molecule has 10 heteroatoms. The summed E-state index contributed by atoms with van der Waals surface area (Å²) in [4.78, 5) is 50.3. The topological polar surface area (TPSA) is 106 Å². The Kier molecular flexibility index (Phi) is 63.1. The standard InChI is InChI=1S/C83H161N7O3/c1-5-9-13-17-21-25-29-33-37-41-45-49-53-57-61-65-71-88(72-66-62-58-54-50-46-42-38-34-30-26-22-18-14-10-6-2)81-84-82(86-83(85-81)90-77-75-87(76-78-90)79(91)69-70-80(92)93)89(73-67-63-59-55-51-47-43-39-35-31-27-23-19-15-11-7-3)74-68-64-60-56-52-48-44-40-36-32-28-24-20-16-12-8-4/h5-78H2,1-4H3,(H,92,93). The summed E-state index contributed by atoms with van der Waals surface area (Å²) in [6, 6.07) is 0. The predicted octanol–water partition coefficient (Wildman–Crippen LogP) is 26.0. The van der Waals surface area contributed by atoms with E-state index in [2.05, 4.69) is 42.4 Å². The molecular formula is C83H161N7O3. The lowest BCUT2D eigenvalue weighted by Gasteiger charge is -2.35. The van der Waals surface area contributed by atoms with Crippen molar-refractivity contribution in [3.8, 4) is 0 Å². The summed E-state index contributed by atoms with van der Waals surface area (Å²) >= 11 is 0. The highest BCUT2D eigenvalue weighted by Crippen LogP contribution is 2.26. The number of rotatable bonds is 74. The van der Waals surface area contributed by atoms with Gasteiger partial charge in [-0.05, 0) is 25.7 Å². The van der Waals surface area contributed by atoms with Gasteiger partial charge in [0.2, 0.25) is 23.8 Å². The molecule has 1 aliphatic heterocycles. The van der Waals surface area contributed by atoms with Crippen molar-refractivity contribution in [2.24, 2.45) is 0 Å². The van der Waals surface area contributed by atoms with E-state index in [1.165, 1.54) is 385 Å². The van der Waals surface area contributed by atoms with Crippen LogP contribution in [0.15, 0.2) is 0 Å². The van der Waals surface area contributed by atoms with Crippen LogP contribution in [0.1, 0.15) is 451 Å². The number of hydrogen-bond acceptors (Lipinski definition) is 8. The molecule has 1 aliphatic rings. The number of anilines is 3. The van der Waals surface area contributed by atoms with Gasteiger partial charge in [-0.15, -0.1) is 0 Å². The first-order valence-corrected chi connectivity index (χ1v) is 42.4. The van der Waals surface area contributed by atoms with Crippen molar-refractivity contribution in [1.29, 1.82) is 0 Å². The van der Waals surface area contributed by atoms with E-state index in [4.69, 9.17) is 15.0 Å². The first kappa shape index (κ1) is 86.4. The van der Waals surface area contributed by atoms with Crippen LogP contribution in [0.5, 0.6) is 0 Å². The van der Waals surface area contributed by atoms with E-state index in [-0.39, 0.29) is 18.7 Å². The predicted molar refractivity (Wildman–Crippen MR) is 408 cm³/mol. The SMILES string of the molecule is CCCCCCCCCCCCCCCCCCN(CCCCCCCCCCCCCCCCCC)c1nc(N(CCCCCCCCCCCCCCCCCC)CCCCCCCCCCCCCCCCCC)nc(N2CCN(C(=O)CCC(=O)O)CC2)n1. The second-order valence-electron chi connectivity index (χ2n) is 29.7. The minimum atomic E-state index is -0.917. The molecule has 546 valence electrons. The normalized spacial score (nSPS) is 12.6. The van der Waals surface area contributed by atoms with Gasteiger partial charge in [-0.25, -0.2) is 0 Å². The quantitative estimate of drug-likeness (QED) is 0.0638. The van der Waals surface area contributed by atoms with Gasteiger partial charge >= 0.3 is 5.97 Å². The molecule has 2 heterocycles. The van der Waals surface area contributed by atoms with Gasteiger partial charge in [-0.1, -0.05) is 413 Å². The number of hydrogen-bond donors (Lipinski definition) is 1. The maximum Gasteiger partial charge on any atom is 0.303 e. The van der Waals surface area contributed by atoms with Crippen LogP contribution >= 0.6 is 0 Å². The molecule has 0 atom stereocenters. The lowest BCUT2D eigenvalue weighted by Crippen LogP contribution is -2.49. The van der Waals surface area contributed by atoms with Crippen LogP contribution in [-0.4, -0.2) is 89.2 Å². The zero-order valence-corrected chi connectivity index (χ0v) is 63.2. The number of aromatic nitrogens is 3. The number of nitrogens with zero attached hydrogens (tertiary/aromatic N) is 7. The van der Waals surface area contributed by atoms with E-state index in [1.807, 2.05) is 4.90 Å². The summed E-state index contributed by atoms with van der Waals surface area (Å²) in [5, 5.41) is 9.36. The average molecular weight is 1310 g/mol. The number of carbonyl (C=O) groups is 2. The van der Waals surface area contributed by atoms with Gasteiger partial charge in [-0.3, -0.25) is 9.59 Å². The van der Waals surface area contributed by atoms with Crippen LogP contribution in [-0.2, 0) is 9.59 Å². The van der Waals surface area contributed by atoms with Gasteiger partial charge < -0.3 is 24.7 Å². The first-order valence-electron chi connectivity index (χ1n) is 42.4. The van der Waals surface area contributed by atoms with E-state index >= 15 is 0 Å². The summed E-state index contributed by atoms with van der Waals surface area (Å²) in [7, 11) is 0. The molecule has 93 heavy (non-hydrogen) atoms. The van der Waals surface area contributed by atoms with Crippen LogP contribution in [0.4, 0.5) is 17.8 Å². The molecule has 1 saturated heterocycles. The fraction of sp³-hybridized carbons (Fsp3) is 0.940. The highest BCUT2D eigenvalue weighted by atomic mass is 16.4. The molecule has 0 aromatic carbocycles. The summed E-state index contributed by atoms with van der Waals surface area (Å²) in [5.41, 5.74) is 0. The molecule has 2 rings (SSSR count). The van der Waals surface area contributed by atoms with Gasteiger partial charge in [-0.2, -0.15) is 15.0 Å².